The van der Waals surface area contributed by atoms with Crippen LogP contribution in [0.15, 0.2) is 53.4 Å². The lowest BCUT2D eigenvalue weighted by atomic mass is 9.99. The number of carbonyl (C=O) groups excluding carboxylic acids is 1. The molecule has 0 spiro atoms. The number of sulfonamides is 1. The minimum absolute atomic E-state index is 0.0889. The molecule has 2 aromatic carbocycles. The van der Waals surface area contributed by atoms with Crippen LogP contribution in [0.5, 0.6) is 0 Å². The van der Waals surface area contributed by atoms with Crippen LogP contribution in [0, 0.1) is 0 Å². The maximum absolute atomic E-state index is 12.2. The van der Waals surface area contributed by atoms with Crippen LogP contribution in [-0.4, -0.2) is 14.3 Å². The number of hydrazine groups is 1. The van der Waals surface area contributed by atoms with Gasteiger partial charge in [-0.25, -0.2) is 8.42 Å². The standard InChI is InChI=1S/C17H19ClN2O3S/c1-3-12(2)13-6-10-16(11-7-13)24(22,23)20-19-17(21)14-4-8-15(18)9-5-14/h4-12,20H,3H2,1-2H3,(H,19,21)/t12-/m1/s1. The molecule has 0 aliphatic carbocycles. The van der Waals surface area contributed by atoms with Gasteiger partial charge in [0.25, 0.3) is 15.9 Å². The Morgan fingerprint density at radius 2 is 1.67 bits per heavy atom. The van der Waals surface area contributed by atoms with Gasteiger partial charge in [-0.05, 0) is 54.3 Å². The van der Waals surface area contributed by atoms with E-state index in [9.17, 15) is 13.2 Å². The third-order valence-electron chi connectivity index (χ3n) is 3.78. The summed E-state index contributed by atoms with van der Waals surface area (Å²) in [7, 11) is -3.83. The summed E-state index contributed by atoms with van der Waals surface area (Å²) in [6, 6.07) is 12.7. The first-order valence-electron chi connectivity index (χ1n) is 7.51. The Hall–Kier alpha value is -1.89. The number of benzene rings is 2. The molecule has 0 heterocycles. The number of nitrogens with one attached hydrogen (secondary N) is 2. The van der Waals surface area contributed by atoms with Gasteiger partial charge in [-0.15, -0.1) is 4.83 Å². The zero-order valence-corrected chi connectivity index (χ0v) is 15.0. The van der Waals surface area contributed by atoms with E-state index in [1.54, 1.807) is 24.3 Å². The van der Waals surface area contributed by atoms with Crippen molar-refractivity contribution in [3.05, 3.63) is 64.7 Å². The second kappa shape index (κ2) is 7.79. The highest BCUT2D eigenvalue weighted by molar-refractivity contribution is 7.89. The molecule has 0 saturated heterocycles. The second-order valence-corrected chi connectivity index (χ2v) is 7.56. The second-order valence-electron chi connectivity index (χ2n) is 5.44. The minimum Gasteiger partial charge on any atom is -0.273 e. The quantitative estimate of drug-likeness (QED) is 0.768. The summed E-state index contributed by atoms with van der Waals surface area (Å²) in [5.41, 5.74) is 3.56. The molecule has 0 unspecified atom stereocenters. The molecule has 0 radical (unpaired) electrons. The van der Waals surface area contributed by atoms with Gasteiger partial charge < -0.3 is 0 Å². The van der Waals surface area contributed by atoms with Gasteiger partial charge >= 0.3 is 0 Å². The maximum Gasteiger partial charge on any atom is 0.266 e. The molecule has 0 aliphatic heterocycles. The van der Waals surface area contributed by atoms with Gasteiger partial charge in [-0.1, -0.05) is 37.6 Å². The van der Waals surface area contributed by atoms with E-state index in [0.29, 0.717) is 16.5 Å². The molecule has 2 aromatic rings. The predicted molar refractivity (Wildman–Crippen MR) is 94.4 cm³/mol. The van der Waals surface area contributed by atoms with Crippen LogP contribution in [0.2, 0.25) is 5.02 Å². The molecule has 0 bridgehead atoms. The summed E-state index contributed by atoms with van der Waals surface area (Å²) in [6.07, 6.45) is 0.974. The van der Waals surface area contributed by atoms with Crippen molar-refractivity contribution < 1.29 is 13.2 Å². The van der Waals surface area contributed by atoms with Gasteiger partial charge in [-0.3, -0.25) is 10.2 Å². The average molecular weight is 367 g/mol. The lowest BCUT2D eigenvalue weighted by Gasteiger charge is -2.11. The zero-order chi connectivity index (χ0) is 17.7. The number of carbonyl (C=O) groups is 1. The Balaban J connectivity index is 2.05. The first-order chi connectivity index (χ1) is 11.3. The summed E-state index contributed by atoms with van der Waals surface area (Å²) in [6.45, 7) is 4.15. The summed E-state index contributed by atoms with van der Waals surface area (Å²) >= 11 is 5.75. The largest absolute Gasteiger partial charge is 0.273 e. The highest BCUT2D eigenvalue weighted by atomic mass is 35.5. The molecule has 24 heavy (non-hydrogen) atoms. The maximum atomic E-state index is 12.2. The third-order valence-corrected chi connectivity index (χ3v) is 5.29. The predicted octanol–water partition coefficient (Wildman–Crippen LogP) is 3.48. The van der Waals surface area contributed by atoms with E-state index in [1.807, 2.05) is 0 Å². The van der Waals surface area contributed by atoms with Crippen LogP contribution in [0.1, 0.15) is 42.1 Å². The normalized spacial score (nSPS) is 12.6. The molecule has 128 valence electrons. The molecule has 2 N–H and O–H groups in total. The molecule has 1 amide bonds. The van der Waals surface area contributed by atoms with Crippen molar-refractivity contribution in [3.8, 4) is 0 Å². The molecule has 2 rings (SSSR count). The van der Waals surface area contributed by atoms with Gasteiger partial charge in [-0.2, -0.15) is 0 Å². The fraction of sp³-hybridized carbons (Fsp3) is 0.235. The van der Waals surface area contributed by atoms with Crippen LogP contribution in [0.25, 0.3) is 0 Å². The zero-order valence-electron chi connectivity index (χ0n) is 13.4. The lowest BCUT2D eigenvalue weighted by Crippen LogP contribution is -2.41. The molecule has 5 nitrogen and oxygen atoms in total. The molecule has 0 aromatic heterocycles. The van der Waals surface area contributed by atoms with Crippen LogP contribution in [-0.2, 0) is 10.0 Å². The molecular weight excluding hydrogens is 348 g/mol. The number of amides is 1. The number of rotatable bonds is 6. The van der Waals surface area contributed by atoms with Gasteiger partial charge in [0.15, 0.2) is 0 Å². The average Bonchev–Trinajstić information content (AvgIpc) is 2.59. The van der Waals surface area contributed by atoms with E-state index >= 15 is 0 Å². The molecular formula is C17H19ClN2O3S. The minimum atomic E-state index is -3.83. The van der Waals surface area contributed by atoms with Crippen LogP contribution in [0.3, 0.4) is 0 Å². The Morgan fingerprint density at radius 1 is 1.08 bits per heavy atom. The summed E-state index contributed by atoms with van der Waals surface area (Å²) in [5, 5.41) is 0.494. The van der Waals surface area contributed by atoms with Crippen molar-refractivity contribution in [3.63, 3.8) is 0 Å². The van der Waals surface area contributed by atoms with Crippen molar-refractivity contribution in [1.29, 1.82) is 0 Å². The number of hydrogen-bond acceptors (Lipinski definition) is 3. The van der Waals surface area contributed by atoms with Crippen molar-refractivity contribution >= 4 is 27.5 Å². The first-order valence-corrected chi connectivity index (χ1v) is 9.37. The molecule has 7 heteroatoms. The van der Waals surface area contributed by atoms with E-state index < -0.39 is 15.9 Å². The molecule has 0 saturated carbocycles. The number of halogens is 1. The van der Waals surface area contributed by atoms with Crippen LogP contribution in [0.4, 0.5) is 0 Å². The Morgan fingerprint density at radius 3 is 2.21 bits per heavy atom. The summed E-state index contributed by atoms with van der Waals surface area (Å²) in [4.78, 5) is 14.1. The highest BCUT2D eigenvalue weighted by Crippen LogP contribution is 2.20. The summed E-state index contributed by atoms with van der Waals surface area (Å²) < 4.78 is 24.5. The van der Waals surface area contributed by atoms with E-state index in [2.05, 4.69) is 24.1 Å². The van der Waals surface area contributed by atoms with Crippen molar-refractivity contribution in [1.82, 2.24) is 10.3 Å². The lowest BCUT2D eigenvalue weighted by molar-refractivity contribution is 0.0945. The van der Waals surface area contributed by atoms with Crippen molar-refractivity contribution in [2.75, 3.05) is 0 Å². The van der Waals surface area contributed by atoms with Crippen molar-refractivity contribution in [2.45, 2.75) is 31.1 Å². The molecule has 1 atom stereocenters. The fourth-order valence-corrected chi connectivity index (χ4v) is 3.02. The highest BCUT2D eigenvalue weighted by Gasteiger charge is 2.16. The van der Waals surface area contributed by atoms with E-state index in [4.69, 9.17) is 11.6 Å². The monoisotopic (exact) mass is 366 g/mol. The van der Waals surface area contributed by atoms with Gasteiger partial charge in [0.2, 0.25) is 0 Å². The van der Waals surface area contributed by atoms with E-state index in [0.717, 1.165) is 12.0 Å². The smallest absolute Gasteiger partial charge is 0.266 e. The van der Waals surface area contributed by atoms with Crippen LogP contribution < -0.4 is 10.3 Å². The van der Waals surface area contributed by atoms with E-state index in [1.165, 1.54) is 24.3 Å². The Bertz CT molecular complexity index is 803. The Kier molecular flexibility index (Phi) is 5.99. The van der Waals surface area contributed by atoms with Crippen LogP contribution >= 0.6 is 11.6 Å². The molecule has 0 fully saturated rings. The fourth-order valence-electron chi connectivity index (χ4n) is 2.06. The van der Waals surface area contributed by atoms with E-state index in [-0.39, 0.29) is 4.90 Å². The topological polar surface area (TPSA) is 75.3 Å². The first kappa shape index (κ1) is 18.4. The van der Waals surface area contributed by atoms with Gasteiger partial charge in [0.05, 0.1) is 4.90 Å². The number of hydrogen-bond donors (Lipinski definition) is 2. The van der Waals surface area contributed by atoms with Gasteiger partial charge in [0, 0.05) is 10.6 Å². The third kappa shape index (κ3) is 4.56. The van der Waals surface area contributed by atoms with Crippen molar-refractivity contribution in [2.24, 2.45) is 0 Å². The van der Waals surface area contributed by atoms with Gasteiger partial charge in [0.1, 0.15) is 0 Å². The Labute approximate surface area is 147 Å². The summed E-state index contributed by atoms with van der Waals surface area (Å²) in [5.74, 6) is -0.203. The SMILES string of the molecule is CC[C@@H](C)c1ccc(S(=O)(=O)NNC(=O)c2ccc(Cl)cc2)cc1. The molecule has 0 aliphatic rings.